The lowest BCUT2D eigenvalue weighted by Crippen LogP contribution is -2.34. The van der Waals surface area contributed by atoms with Gasteiger partial charge in [-0.25, -0.2) is 0 Å². The van der Waals surface area contributed by atoms with E-state index in [1.165, 1.54) is 0 Å². The van der Waals surface area contributed by atoms with Crippen molar-refractivity contribution in [2.45, 2.75) is 19.3 Å². The first-order valence-corrected chi connectivity index (χ1v) is 8.15. The van der Waals surface area contributed by atoms with Gasteiger partial charge in [-0.1, -0.05) is 6.07 Å². The zero-order chi connectivity index (χ0) is 16.8. The number of hydrogen-bond acceptors (Lipinski definition) is 5. The Labute approximate surface area is 139 Å². The number of pyridine rings is 1. The Morgan fingerprint density at radius 1 is 1.17 bits per heavy atom. The number of likely N-dealkylation sites (tertiary alicyclic amines) is 1. The van der Waals surface area contributed by atoms with Crippen molar-refractivity contribution in [3.63, 3.8) is 0 Å². The normalized spacial score (nSPS) is 14.2. The van der Waals surface area contributed by atoms with Crippen LogP contribution < -0.4 is 5.32 Å². The fourth-order valence-electron chi connectivity index (χ4n) is 2.72. The van der Waals surface area contributed by atoms with Crippen molar-refractivity contribution < 1.29 is 14.3 Å². The van der Waals surface area contributed by atoms with E-state index in [0.29, 0.717) is 13.0 Å². The van der Waals surface area contributed by atoms with E-state index in [-0.39, 0.29) is 25.0 Å². The molecular weight excluding hydrogens is 310 g/mol. The number of rotatable bonds is 7. The fourth-order valence-corrected chi connectivity index (χ4v) is 2.72. The molecule has 0 bridgehead atoms. The molecule has 1 N–H and O–H groups in total. The van der Waals surface area contributed by atoms with Crippen LogP contribution in [0.3, 0.4) is 0 Å². The average molecular weight is 331 g/mol. The van der Waals surface area contributed by atoms with Crippen LogP contribution >= 0.6 is 0 Å². The molecule has 0 atom stereocenters. The van der Waals surface area contributed by atoms with Crippen LogP contribution in [0.5, 0.6) is 0 Å². The van der Waals surface area contributed by atoms with Gasteiger partial charge in [-0.2, -0.15) is 0 Å². The van der Waals surface area contributed by atoms with E-state index in [0.717, 1.165) is 37.4 Å². The van der Waals surface area contributed by atoms with E-state index in [9.17, 15) is 9.59 Å². The maximum Gasteiger partial charge on any atom is 0.248 e. The molecule has 2 aromatic heterocycles. The number of hydrogen-bond donors (Lipinski definition) is 1. The summed E-state index contributed by atoms with van der Waals surface area (Å²) in [6.07, 6.45) is 4.55. The third-order valence-electron chi connectivity index (χ3n) is 3.97. The number of aromatic nitrogens is 3. The molecular formula is C16H21N5O3. The summed E-state index contributed by atoms with van der Waals surface area (Å²) in [5, 5.41) is 10.9. The van der Waals surface area contributed by atoms with E-state index < -0.39 is 0 Å². The number of fused-ring (bicyclic) bond motifs is 1. The third-order valence-corrected chi connectivity index (χ3v) is 3.97. The highest BCUT2D eigenvalue weighted by atomic mass is 16.5. The molecule has 1 aliphatic rings. The highest BCUT2D eigenvalue weighted by molar-refractivity contribution is 5.79. The zero-order valence-corrected chi connectivity index (χ0v) is 13.5. The van der Waals surface area contributed by atoms with Gasteiger partial charge >= 0.3 is 0 Å². The third kappa shape index (κ3) is 4.08. The van der Waals surface area contributed by atoms with Gasteiger partial charge in [0.25, 0.3) is 0 Å². The smallest absolute Gasteiger partial charge is 0.248 e. The number of carbonyl (C=O) groups excluding carboxylic acids is 2. The molecule has 2 amide bonds. The quantitative estimate of drug-likeness (QED) is 0.773. The first kappa shape index (κ1) is 16.4. The van der Waals surface area contributed by atoms with Crippen LogP contribution in [0, 0.1) is 0 Å². The van der Waals surface area contributed by atoms with Crippen LogP contribution in [-0.2, 0) is 20.7 Å². The Balaban J connectivity index is 1.34. The Bertz CT molecular complexity index is 709. The molecule has 24 heavy (non-hydrogen) atoms. The minimum absolute atomic E-state index is 0.0394. The maximum atomic E-state index is 11.8. The van der Waals surface area contributed by atoms with Gasteiger partial charge < -0.3 is 15.0 Å². The summed E-state index contributed by atoms with van der Waals surface area (Å²) in [6, 6.07) is 5.68. The summed E-state index contributed by atoms with van der Waals surface area (Å²) in [5.41, 5.74) is 0.780. The van der Waals surface area contributed by atoms with Crippen molar-refractivity contribution in [3.8, 4) is 0 Å². The van der Waals surface area contributed by atoms with Crippen molar-refractivity contribution in [2.24, 2.45) is 0 Å². The van der Waals surface area contributed by atoms with Crippen LogP contribution in [0.4, 0.5) is 0 Å². The van der Waals surface area contributed by atoms with Gasteiger partial charge in [-0.3, -0.25) is 14.0 Å². The SMILES string of the molecule is O=C(COCC(=O)N1CCCC1)NCCc1nnc2ccccn12. The van der Waals surface area contributed by atoms with Gasteiger partial charge in [-0.05, 0) is 25.0 Å². The molecule has 1 saturated heterocycles. The molecule has 0 radical (unpaired) electrons. The predicted octanol–water partition coefficient (Wildman–Crippen LogP) is 0.0270. The lowest BCUT2D eigenvalue weighted by atomic mass is 10.4. The molecule has 8 nitrogen and oxygen atoms in total. The number of amides is 2. The lowest BCUT2D eigenvalue weighted by Gasteiger charge is -2.14. The molecule has 0 unspecified atom stereocenters. The van der Waals surface area contributed by atoms with Crippen LogP contribution in [-0.4, -0.2) is 64.2 Å². The van der Waals surface area contributed by atoms with Gasteiger partial charge in [-0.15, -0.1) is 10.2 Å². The topological polar surface area (TPSA) is 88.8 Å². The summed E-state index contributed by atoms with van der Waals surface area (Å²) >= 11 is 0. The minimum atomic E-state index is -0.238. The summed E-state index contributed by atoms with van der Waals surface area (Å²) in [4.78, 5) is 25.3. The fraction of sp³-hybridized carbons (Fsp3) is 0.500. The van der Waals surface area contributed by atoms with E-state index in [1.54, 1.807) is 4.90 Å². The van der Waals surface area contributed by atoms with E-state index in [1.807, 2.05) is 28.8 Å². The number of carbonyl (C=O) groups is 2. The summed E-state index contributed by atoms with van der Waals surface area (Å²) < 4.78 is 7.08. The maximum absolute atomic E-state index is 11.8. The first-order chi connectivity index (χ1) is 11.7. The number of ether oxygens (including phenoxy) is 1. The van der Waals surface area contributed by atoms with Gasteiger partial charge in [0.2, 0.25) is 11.8 Å². The largest absolute Gasteiger partial charge is 0.362 e. The second-order valence-corrected chi connectivity index (χ2v) is 5.73. The van der Waals surface area contributed by atoms with Gasteiger partial charge in [0.15, 0.2) is 5.65 Å². The highest BCUT2D eigenvalue weighted by Gasteiger charge is 2.17. The van der Waals surface area contributed by atoms with Gasteiger partial charge in [0.05, 0.1) is 0 Å². The zero-order valence-electron chi connectivity index (χ0n) is 13.5. The first-order valence-electron chi connectivity index (χ1n) is 8.15. The Morgan fingerprint density at radius 3 is 2.83 bits per heavy atom. The molecule has 3 rings (SSSR count). The van der Waals surface area contributed by atoms with Crippen molar-refractivity contribution in [1.82, 2.24) is 24.8 Å². The Hall–Kier alpha value is -2.48. The molecule has 1 fully saturated rings. The van der Waals surface area contributed by atoms with Crippen LogP contribution in [0.2, 0.25) is 0 Å². The molecule has 0 spiro atoms. The van der Waals surface area contributed by atoms with E-state index >= 15 is 0 Å². The molecule has 2 aromatic rings. The monoisotopic (exact) mass is 331 g/mol. The van der Waals surface area contributed by atoms with E-state index in [2.05, 4.69) is 15.5 Å². The van der Waals surface area contributed by atoms with Crippen molar-refractivity contribution >= 4 is 17.5 Å². The van der Waals surface area contributed by atoms with Gasteiger partial charge in [0, 0.05) is 32.3 Å². The van der Waals surface area contributed by atoms with Gasteiger partial charge in [0.1, 0.15) is 19.0 Å². The number of nitrogens with zero attached hydrogens (tertiary/aromatic N) is 4. The van der Waals surface area contributed by atoms with Crippen molar-refractivity contribution in [1.29, 1.82) is 0 Å². The molecule has 128 valence electrons. The van der Waals surface area contributed by atoms with Crippen molar-refractivity contribution in [3.05, 3.63) is 30.2 Å². The molecule has 1 aliphatic heterocycles. The second-order valence-electron chi connectivity index (χ2n) is 5.73. The minimum Gasteiger partial charge on any atom is -0.362 e. The van der Waals surface area contributed by atoms with Crippen LogP contribution in [0.1, 0.15) is 18.7 Å². The Kier molecular flexibility index (Phi) is 5.37. The predicted molar refractivity (Wildman–Crippen MR) is 86.3 cm³/mol. The average Bonchev–Trinajstić information content (AvgIpc) is 3.25. The van der Waals surface area contributed by atoms with Crippen molar-refractivity contribution in [2.75, 3.05) is 32.8 Å². The molecule has 0 aromatic carbocycles. The summed E-state index contributed by atoms with van der Waals surface area (Å²) in [6.45, 7) is 1.88. The van der Waals surface area contributed by atoms with E-state index in [4.69, 9.17) is 4.74 Å². The second kappa shape index (κ2) is 7.87. The number of nitrogens with one attached hydrogen (secondary N) is 1. The summed E-state index contributed by atoms with van der Waals surface area (Å²) in [7, 11) is 0. The Morgan fingerprint density at radius 2 is 2.00 bits per heavy atom. The summed E-state index contributed by atoms with van der Waals surface area (Å²) in [5.74, 6) is 0.504. The standard InChI is InChI=1S/C16H21N5O3/c22-15(11-24-12-16(23)20-8-3-4-9-20)17-7-6-14-19-18-13-5-1-2-10-21(13)14/h1-2,5,10H,3-4,6-9,11-12H2,(H,17,22). The molecule has 0 saturated carbocycles. The molecule has 8 heteroatoms. The van der Waals surface area contributed by atoms with Crippen LogP contribution in [0.25, 0.3) is 5.65 Å². The lowest BCUT2D eigenvalue weighted by molar-refractivity contribution is -0.137. The van der Waals surface area contributed by atoms with Crippen LogP contribution in [0.15, 0.2) is 24.4 Å². The molecule has 0 aliphatic carbocycles. The molecule has 3 heterocycles. The highest BCUT2D eigenvalue weighted by Crippen LogP contribution is 2.07.